The SMILES string of the molecule is Cc1c(Cl)cccc1NC(=S)NCCSCc1ccccc1F. The Kier molecular flexibility index (Phi) is 7.15. The minimum atomic E-state index is -0.151. The molecule has 0 unspecified atom stereocenters. The molecule has 0 saturated carbocycles. The van der Waals surface area contributed by atoms with E-state index in [1.54, 1.807) is 17.8 Å². The fraction of sp³-hybridized carbons (Fsp3) is 0.235. The van der Waals surface area contributed by atoms with Crippen molar-refractivity contribution in [1.82, 2.24) is 5.32 Å². The predicted octanol–water partition coefficient (Wildman–Crippen LogP) is 5.01. The average molecular weight is 369 g/mol. The molecule has 2 aromatic rings. The monoisotopic (exact) mass is 368 g/mol. The third-order valence-corrected chi connectivity index (χ3v) is 4.93. The maximum Gasteiger partial charge on any atom is 0.170 e. The first-order chi connectivity index (χ1) is 11.1. The van der Waals surface area contributed by atoms with Crippen LogP contribution in [0.4, 0.5) is 10.1 Å². The maximum absolute atomic E-state index is 13.5. The Balaban J connectivity index is 1.69. The summed E-state index contributed by atoms with van der Waals surface area (Å²) in [5.74, 6) is 1.34. The van der Waals surface area contributed by atoms with Crippen LogP contribution in [-0.2, 0) is 5.75 Å². The molecule has 0 heterocycles. The van der Waals surface area contributed by atoms with Crippen LogP contribution < -0.4 is 10.6 Å². The van der Waals surface area contributed by atoms with Gasteiger partial charge in [0.1, 0.15) is 5.82 Å². The summed E-state index contributed by atoms with van der Waals surface area (Å²) in [6.07, 6.45) is 0. The van der Waals surface area contributed by atoms with Crippen LogP contribution in [0.2, 0.25) is 5.02 Å². The van der Waals surface area contributed by atoms with E-state index in [0.717, 1.165) is 22.6 Å². The Morgan fingerprint density at radius 2 is 2.00 bits per heavy atom. The Bertz CT molecular complexity index is 679. The largest absolute Gasteiger partial charge is 0.362 e. The van der Waals surface area contributed by atoms with Crippen molar-refractivity contribution in [3.63, 3.8) is 0 Å². The summed E-state index contributed by atoms with van der Waals surface area (Å²) in [5.41, 5.74) is 2.59. The zero-order valence-electron chi connectivity index (χ0n) is 12.7. The Hall–Kier alpha value is -1.30. The number of anilines is 1. The average Bonchev–Trinajstić information content (AvgIpc) is 2.53. The Labute approximate surface area is 150 Å². The van der Waals surface area contributed by atoms with Gasteiger partial charge in [0.25, 0.3) is 0 Å². The van der Waals surface area contributed by atoms with Crippen LogP contribution in [0.3, 0.4) is 0 Å². The molecule has 0 aliphatic heterocycles. The van der Waals surface area contributed by atoms with Gasteiger partial charge in [0.05, 0.1) is 0 Å². The molecule has 6 heteroatoms. The van der Waals surface area contributed by atoms with Crippen LogP contribution in [0, 0.1) is 12.7 Å². The van der Waals surface area contributed by atoms with Gasteiger partial charge in [0.15, 0.2) is 5.11 Å². The van der Waals surface area contributed by atoms with Crippen LogP contribution in [0.15, 0.2) is 42.5 Å². The highest BCUT2D eigenvalue weighted by atomic mass is 35.5. The van der Waals surface area contributed by atoms with Crippen molar-refractivity contribution in [1.29, 1.82) is 0 Å². The third-order valence-electron chi connectivity index (χ3n) is 3.26. The Morgan fingerprint density at radius 1 is 1.22 bits per heavy atom. The van der Waals surface area contributed by atoms with E-state index >= 15 is 0 Å². The predicted molar refractivity (Wildman–Crippen MR) is 103 cm³/mol. The number of benzene rings is 2. The summed E-state index contributed by atoms with van der Waals surface area (Å²) >= 11 is 13.0. The van der Waals surface area contributed by atoms with Crippen LogP contribution in [0.5, 0.6) is 0 Å². The molecule has 0 aliphatic rings. The van der Waals surface area contributed by atoms with Crippen LogP contribution in [0.25, 0.3) is 0 Å². The van der Waals surface area contributed by atoms with Gasteiger partial charge in [-0.05, 0) is 48.5 Å². The van der Waals surface area contributed by atoms with Crippen molar-refractivity contribution < 1.29 is 4.39 Å². The lowest BCUT2D eigenvalue weighted by atomic mass is 10.2. The maximum atomic E-state index is 13.5. The number of thiocarbonyl (C=S) groups is 1. The molecular weight excluding hydrogens is 351 g/mol. The van der Waals surface area contributed by atoms with E-state index in [2.05, 4.69) is 10.6 Å². The number of halogens is 2. The van der Waals surface area contributed by atoms with E-state index in [4.69, 9.17) is 23.8 Å². The molecule has 0 amide bonds. The first-order valence-corrected chi connectivity index (χ1v) is 9.13. The summed E-state index contributed by atoms with van der Waals surface area (Å²) in [4.78, 5) is 0. The van der Waals surface area contributed by atoms with Gasteiger partial charge < -0.3 is 10.6 Å². The van der Waals surface area contributed by atoms with E-state index in [9.17, 15) is 4.39 Å². The highest BCUT2D eigenvalue weighted by Gasteiger charge is 2.04. The summed E-state index contributed by atoms with van der Waals surface area (Å²) in [6.45, 7) is 2.65. The zero-order chi connectivity index (χ0) is 16.7. The van der Waals surface area contributed by atoms with Gasteiger partial charge in [-0.25, -0.2) is 4.39 Å². The molecule has 122 valence electrons. The summed E-state index contributed by atoms with van der Waals surface area (Å²) in [7, 11) is 0. The van der Waals surface area contributed by atoms with Gasteiger partial charge in [-0.3, -0.25) is 0 Å². The molecular formula is C17H18ClFN2S2. The van der Waals surface area contributed by atoms with Gasteiger partial charge >= 0.3 is 0 Å². The van der Waals surface area contributed by atoms with Gasteiger partial charge in [0.2, 0.25) is 0 Å². The van der Waals surface area contributed by atoms with Crippen molar-refractivity contribution in [2.75, 3.05) is 17.6 Å². The fourth-order valence-corrected chi connectivity index (χ4v) is 3.18. The smallest absolute Gasteiger partial charge is 0.170 e. The second kappa shape index (κ2) is 9.11. The zero-order valence-corrected chi connectivity index (χ0v) is 15.1. The lowest BCUT2D eigenvalue weighted by Crippen LogP contribution is -2.30. The van der Waals surface area contributed by atoms with Gasteiger partial charge in [-0.1, -0.05) is 35.9 Å². The van der Waals surface area contributed by atoms with Crippen molar-refractivity contribution in [3.8, 4) is 0 Å². The van der Waals surface area contributed by atoms with E-state index < -0.39 is 0 Å². The van der Waals surface area contributed by atoms with E-state index in [1.807, 2.05) is 37.3 Å². The number of nitrogens with one attached hydrogen (secondary N) is 2. The molecule has 0 aromatic heterocycles. The van der Waals surface area contributed by atoms with Crippen molar-refractivity contribution >= 4 is 46.4 Å². The standard InChI is InChI=1S/C17H18ClFN2S2/c1-12-14(18)6-4-8-16(12)21-17(22)20-9-10-23-11-13-5-2-3-7-15(13)19/h2-8H,9-11H2,1H3,(H2,20,21,22). The minimum Gasteiger partial charge on any atom is -0.362 e. The van der Waals surface area contributed by atoms with Crippen LogP contribution in [-0.4, -0.2) is 17.4 Å². The van der Waals surface area contributed by atoms with Crippen LogP contribution >= 0.6 is 35.6 Å². The van der Waals surface area contributed by atoms with Gasteiger partial charge in [-0.2, -0.15) is 11.8 Å². The first-order valence-electron chi connectivity index (χ1n) is 7.19. The van der Waals surface area contributed by atoms with E-state index in [0.29, 0.717) is 22.4 Å². The van der Waals surface area contributed by atoms with E-state index in [-0.39, 0.29) is 5.82 Å². The molecule has 0 bridgehead atoms. The molecule has 0 fully saturated rings. The summed E-state index contributed by atoms with van der Waals surface area (Å²) in [6, 6.07) is 12.5. The molecule has 2 N–H and O–H groups in total. The third kappa shape index (κ3) is 5.68. The molecule has 0 spiro atoms. The molecule has 2 rings (SSSR count). The molecule has 0 saturated heterocycles. The number of hydrogen-bond acceptors (Lipinski definition) is 2. The van der Waals surface area contributed by atoms with Gasteiger partial charge in [-0.15, -0.1) is 0 Å². The summed E-state index contributed by atoms with van der Waals surface area (Å²) in [5, 5.41) is 7.54. The lowest BCUT2D eigenvalue weighted by Gasteiger charge is -2.13. The quantitative estimate of drug-likeness (QED) is 0.553. The van der Waals surface area contributed by atoms with Crippen LogP contribution in [0.1, 0.15) is 11.1 Å². The minimum absolute atomic E-state index is 0.151. The molecule has 0 atom stereocenters. The molecule has 0 radical (unpaired) electrons. The lowest BCUT2D eigenvalue weighted by molar-refractivity contribution is 0.617. The highest BCUT2D eigenvalue weighted by molar-refractivity contribution is 7.98. The van der Waals surface area contributed by atoms with Crippen molar-refractivity contribution in [2.24, 2.45) is 0 Å². The molecule has 2 aromatic carbocycles. The molecule has 23 heavy (non-hydrogen) atoms. The second-order valence-corrected chi connectivity index (χ2v) is 6.86. The van der Waals surface area contributed by atoms with Crippen molar-refractivity contribution in [2.45, 2.75) is 12.7 Å². The molecule has 2 nitrogen and oxygen atoms in total. The number of thioether (sulfide) groups is 1. The molecule has 0 aliphatic carbocycles. The second-order valence-electron chi connectivity index (χ2n) is 4.94. The topological polar surface area (TPSA) is 24.1 Å². The fourth-order valence-electron chi connectivity index (χ4n) is 1.94. The summed E-state index contributed by atoms with van der Waals surface area (Å²) < 4.78 is 13.5. The van der Waals surface area contributed by atoms with E-state index in [1.165, 1.54) is 6.07 Å². The normalized spacial score (nSPS) is 10.4. The Morgan fingerprint density at radius 3 is 2.78 bits per heavy atom. The van der Waals surface area contributed by atoms with Gasteiger partial charge in [0, 0.05) is 28.8 Å². The number of hydrogen-bond donors (Lipinski definition) is 2. The number of rotatable bonds is 6. The first kappa shape index (κ1) is 18.0. The highest BCUT2D eigenvalue weighted by Crippen LogP contribution is 2.22. The van der Waals surface area contributed by atoms with Crippen molar-refractivity contribution in [3.05, 3.63) is 64.4 Å².